The molecule has 0 amide bonds. The molecule has 1 aromatic rings. The van der Waals surface area contributed by atoms with Gasteiger partial charge in [-0.2, -0.15) is 13.2 Å². The summed E-state index contributed by atoms with van der Waals surface area (Å²) in [5, 5.41) is 0. The molecule has 0 spiro atoms. The van der Waals surface area contributed by atoms with E-state index < -0.39 is 27.8 Å². The van der Waals surface area contributed by atoms with Gasteiger partial charge in [-0.15, -0.1) is 0 Å². The van der Waals surface area contributed by atoms with Crippen molar-refractivity contribution in [3.05, 3.63) is 32.2 Å². The predicted octanol–water partition coefficient (Wildman–Crippen LogP) is 4.51. The van der Waals surface area contributed by atoms with Crippen molar-refractivity contribution in [1.82, 2.24) is 0 Å². The van der Waals surface area contributed by atoms with Gasteiger partial charge in [0.15, 0.2) is 5.82 Å². The van der Waals surface area contributed by atoms with Crippen LogP contribution in [0.1, 0.15) is 5.56 Å². The minimum absolute atomic E-state index is 0.101. The summed E-state index contributed by atoms with van der Waals surface area (Å²) in [4.78, 5) is 0. The topological polar surface area (TPSA) is 0 Å². The van der Waals surface area contributed by atoms with Crippen LogP contribution in [0.15, 0.2) is 15.0 Å². The predicted molar refractivity (Wildman–Crippen MR) is 46.8 cm³/mol. The Kier molecular flexibility index (Phi) is 3.20. The molecule has 0 aromatic heterocycles. The highest BCUT2D eigenvalue weighted by atomic mass is 79.9. The van der Waals surface area contributed by atoms with Crippen LogP contribution in [0.3, 0.4) is 0 Å². The summed E-state index contributed by atoms with van der Waals surface area (Å²) in [5.74, 6) is -2.71. The SMILES string of the molecule is Fc1cc(C(F)(F)F)c(F)c(Br)c1Br. The van der Waals surface area contributed by atoms with Crippen molar-refractivity contribution in [3.63, 3.8) is 0 Å². The van der Waals surface area contributed by atoms with Crippen molar-refractivity contribution < 1.29 is 22.0 Å². The van der Waals surface area contributed by atoms with Crippen LogP contribution in [0, 0.1) is 11.6 Å². The number of rotatable bonds is 0. The fourth-order valence-electron chi connectivity index (χ4n) is 0.779. The normalized spacial score (nSPS) is 11.9. The summed E-state index contributed by atoms with van der Waals surface area (Å²) in [6.07, 6.45) is -4.91. The summed E-state index contributed by atoms with van der Waals surface area (Å²) in [5.41, 5.74) is -1.63. The van der Waals surface area contributed by atoms with E-state index >= 15 is 0 Å². The number of hydrogen-bond acceptors (Lipinski definition) is 0. The van der Waals surface area contributed by atoms with Gasteiger partial charge in [0.25, 0.3) is 0 Å². The molecule has 14 heavy (non-hydrogen) atoms. The molecule has 0 saturated heterocycles. The van der Waals surface area contributed by atoms with Gasteiger partial charge in [0.05, 0.1) is 14.5 Å². The Morgan fingerprint density at radius 3 is 1.93 bits per heavy atom. The Balaban J connectivity index is 3.49. The first-order chi connectivity index (χ1) is 6.25. The van der Waals surface area contributed by atoms with Gasteiger partial charge in [0.2, 0.25) is 0 Å². The maximum absolute atomic E-state index is 13.0. The Labute approximate surface area is 92.4 Å². The zero-order valence-corrected chi connectivity index (χ0v) is 9.40. The molecular weight excluding hydrogens is 339 g/mol. The summed E-state index contributed by atoms with van der Waals surface area (Å²) in [7, 11) is 0. The molecule has 0 aliphatic carbocycles. The fourth-order valence-corrected chi connectivity index (χ4v) is 1.47. The summed E-state index contributed by atoms with van der Waals surface area (Å²) in [6.45, 7) is 0. The van der Waals surface area contributed by atoms with Crippen LogP contribution in [-0.2, 0) is 6.18 Å². The Morgan fingerprint density at radius 2 is 1.50 bits per heavy atom. The smallest absolute Gasteiger partial charge is 0.206 e. The van der Waals surface area contributed by atoms with Gasteiger partial charge in [-0.1, -0.05) is 0 Å². The van der Waals surface area contributed by atoms with Crippen LogP contribution in [0.2, 0.25) is 0 Å². The Hall–Kier alpha value is -0.170. The van der Waals surface area contributed by atoms with Crippen LogP contribution in [-0.4, -0.2) is 0 Å². The lowest BCUT2D eigenvalue weighted by molar-refractivity contribution is -0.140. The van der Waals surface area contributed by atoms with Gasteiger partial charge in [-0.05, 0) is 37.9 Å². The first-order valence-electron chi connectivity index (χ1n) is 3.15. The number of benzene rings is 1. The van der Waals surface area contributed by atoms with Crippen molar-refractivity contribution in [2.75, 3.05) is 0 Å². The highest BCUT2D eigenvalue weighted by molar-refractivity contribution is 9.13. The van der Waals surface area contributed by atoms with E-state index in [9.17, 15) is 22.0 Å². The Bertz CT molecular complexity index is 371. The van der Waals surface area contributed by atoms with Gasteiger partial charge in [-0.3, -0.25) is 0 Å². The largest absolute Gasteiger partial charge is 0.419 e. The van der Waals surface area contributed by atoms with Crippen LogP contribution in [0.25, 0.3) is 0 Å². The lowest BCUT2D eigenvalue weighted by atomic mass is 10.2. The monoisotopic (exact) mass is 338 g/mol. The molecule has 0 fully saturated rings. The van der Waals surface area contributed by atoms with Crippen LogP contribution in [0.4, 0.5) is 22.0 Å². The highest BCUT2D eigenvalue weighted by Gasteiger charge is 2.36. The van der Waals surface area contributed by atoms with E-state index in [1.807, 2.05) is 0 Å². The average Bonchev–Trinajstić information content (AvgIpc) is 2.06. The quantitative estimate of drug-likeness (QED) is 0.370. The van der Waals surface area contributed by atoms with Crippen molar-refractivity contribution in [2.45, 2.75) is 6.18 Å². The first-order valence-corrected chi connectivity index (χ1v) is 4.74. The maximum Gasteiger partial charge on any atom is 0.419 e. The molecule has 0 unspecified atom stereocenters. The van der Waals surface area contributed by atoms with E-state index in [0.717, 1.165) is 0 Å². The first kappa shape index (κ1) is 11.9. The second kappa shape index (κ2) is 3.77. The second-order valence-electron chi connectivity index (χ2n) is 2.35. The third-order valence-electron chi connectivity index (χ3n) is 1.41. The van der Waals surface area contributed by atoms with Gasteiger partial charge >= 0.3 is 6.18 Å². The van der Waals surface area contributed by atoms with Crippen LogP contribution < -0.4 is 0 Å². The summed E-state index contributed by atoms with van der Waals surface area (Å²) < 4.78 is 61.1. The van der Waals surface area contributed by atoms with E-state index in [4.69, 9.17) is 0 Å². The van der Waals surface area contributed by atoms with Crippen LogP contribution in [0.5, 0.6) is 0 Å². The van der Waals surface area contributed by atoms with E-state index in [1.165, 1.54) is 0 Å². The number of halogens is 7. The molecule has 0 nitrogen and oxygen atoms in total. The second-order valence-corrected chi connectivity index (χ2v) is 3.93. The van der Waals surface area contributed by atoms with E-state index in [0.29, 0.717) is 0 Å². The fraction of sp³-hybridized carbons (Fsp3) is 0.143. The molecule has 0 atom stereocenters. The van der Waals surface area contributed by atoms with Gasteiger partial charge < -0.3 is 0 Å². The minimum Gasteiger partial charge on any atom is -0.206 e. The number of alkyl halides is 3. The van der Waals surface area contributed by atoms with E-state index in [2.05, 4.69) is 31.9 Å². The third-order valence-corrected chi connectivity index (χ3v) is 3.46. The van der Waals surface area contributed by atoms with Gasteiger partial charge in [-0.25, -0.2) is 8.78 Å². The van der Waals surface area contributed by atoms with Gasteiger partial charge in [0.1, 0.15) is 5.82 Å². The summed E-state index contributed by atoms with van der Waals surface area (Å²) >= 11 is 5.11. The van der Waals surface area contributed by atoms with Crippen molar-refractivity contribution >= 4 is 31.9 Å². The lowest BCUT2D eigenvalue weighted by Gasteiger charge is -2.10. The molecule has 78 valence electrons. The van der Waals surface area contributed by atoms with E-state index in [1.54, 1.807) is 0 Å². The van der Waals surface area contributed by atoms with Crippen molar-refractivity contribution in [3.8, 4) is 0 Å². The molecule has 0 saturated carbocycles. The molecule has 1 rings (SSSR count). The highest BCUT2D eigenvalue weighted by Crippen LogP contribution is 2.38. The molecule has 0 radical (unpaired) electrons. The summed E-state index contributed by atoms with van der Waals surface area (Å²) in [6, 6.07) is 0.101. The van der Waals surface area contributed by atoms with Crippen molar-refractivity contribution in [1.29, 1.82) is 0 Å². The minimum atomic E-state index is -4.91. The van der Waals surface area contributed by atoms with E-state index in [-0.39, 0.29) is 10.5 Å². The molecular formula is C7HBr2F5. The average molecular weight is 340 g/mol. The molecule has 0 heterocycles. The molecule has 0 bridgehead atoms. The molecule has 0 aliphatic rings. The molecule has 0 aliphatic heterocycles. The maximum atomic E-state index is 13.0. The third kappa shape index (κ3) is 2.08. The zero-order chi connectivity index (χ0) is 11.1. The van der Waals surface area contributed by atoms with Crippen molar-refractivity contribution in [2.24, 2.45) is 0 Å². The van der Waals surface area contributed by atoms with Gasteiger partial charge in [0, 0.05) is 0 Å². The standard InChI is InChI=1S/C7HBr2F5/c8-4-3(10)1-2(7(12,13)14)6(11)5(4)9/h1H. The number of hydrogen-bond donors (Lipinski definition) is 0. The van der Waals surface area contributed by atoms with Crippen LogP contribution >= 0.6 is 31.9 Å². The molecule has 0 N–H and O–H groups in total. The molecule has 7 heteroatoms. The zero-order valence-electron chi connectivity index (χ0n) is 6.22. The molecule has 1 aromatic carbocycles. The Morgan fingerprint density at radius 1 is 1.00 bits per heavy atom. The lowest BCUT2D eigenvalue weighted by Crippen LogP contribution is -2.09.